The molecule has 0 heterocycles. The van der Waals surface area contributed by atoms with Crippen LogP contribution < -0.4 is 15.2 Å². The zero-order chi connectivity index (χ0) is 13.7. The van der Waals surface area contributed by atoms with Crippen molar-refractivity contribution in [3.05, 3.63) is 23.3 Å². The third kappa shape index (κ3) is 3.37. The summed E-state index contributed by atoms with van der Waals surface area (Å²) in [4.78, 5) is 10.6. The number of carboxylic acids is 1. The molecule has 18 heavy (non-hydrogen) atoms. The lowest BCUT2D eigenvalue weighted by Gasteiger charge is -2.17. The van der Waals surface area contributed by atoms with Crippen molar-refractivity contribution in [1.29, 1.82) is 0 Å². The SMILES string of the molecule is COc1cc(OC)c(C(N)CCC(=O)O)cc1C. The van der Waals surface area contributed by atoms with Crippen LogP contribution in [-0.4, -0.2) is 25.3 Å². The van der Waals surface area contributed by atoms with Gasteiger partial charge in [0.25, 0.3) is 0 Å². The highest BCUT2D eigenvalue weighted by Crippen LogP contribution is 2.33. The number of methoxy groups -OCH3 is 2. The maximum atomic E-state index is 10.6. The van der Waals surface area contributed by atoms with Gasteiger partial charge in [0.05, 0.1) is 14.2 Å². The molecule has 1 unspecified atom stereocenters. The van der Waals surface area contributed by atoms with Crippen LogP contribution in [0.5, 0.6) is 11.5 Å². The molecule has 0 spiro atoms. The van der Waals surface area contributed by atoms with Crippen molar-refractivity contribution in [2.45, 2.75) is 25.8 Å². The first-order valence-corrected chi connectivity index (χ1v) is 5.69. The molecule has 0 aromatic heterocycles. The van der Waals surface area contributed by atoms with Crippen molar-refractivity contribution >= 4 is 5.97 Å². The fourth-order valence-corrected chi connectivity index (χ4v) is 1.81. The highest BCUT2D eigenvalue weighted by Gasteiger charge is 2.16. The third-order valence-corrected chi connectivity index (χ3v) is 2.82. The van der Waals surface area contributed by atoms with E-state index in [1.165, 1.54) is 0 Å². The van der Waals surface area contributed by atoms with Crippen molar-refractivity contribution in [1.82, 2.24) is 0 Å². The van der Waals surface area contributed by atoms with Gasteiger partial charge in [-0.2, -0.15) is 0 Å². The number of carbonyl (C=O) groups is 1. The van der Waals surface area contributed by atoms with E-state index in [1.807, 2.05) is 13.0 Å². The second-order valence-electron chi connectivity index (χ2n) is 4.10. The van der Waals surface area contributed by atoms with Gasteiger partial charge in [-0.15, -0.1) is 0 Å². The van der Waals surface area contributed by atoms with Gasteiger partial charge in [-0.3, -0.25) is 4.79 Å². The molecule has 0 saturated carbocycles. The van der Waals surface area contributed by atoms with Gasteiger partial charge >= 0.3 is 5.97 Å². The number of carboxylic acid groups (broad SMARTS) is 1. The molecule has 5 nitrogen and oxygen atoms in total. The van der Waals surface area contributed by atoms with Crippen LogP contribution in [0.25, 0.3) is 0 Å². The summed E-state index contributed by atoms with van der Waals surface area (Å²) in [6, 6.07) is 3.29. The van der Waals surface area contributed by atoms with Crippen LogP contribution in [0.4, 0.5) is 0 Å². The second-order valence-corrected chi connectivity index (χ2v) is 4.10. The van der Waals surface area contributed by atoms with Crippen LogP contribution in [0.2, 0.25) is 0 Å². The Bertz CT molecular complexity index is 431. The number of rotatable bonds is 6. The van der Waals surface area contributed by atoms with E-state index in [4.69, 9.17) is 20.3 Å². The Morgan fingerprint density at radius 3 is 2.44 bits per heavy atom. The van der Waals surface area contributed by atoms with Crippen molar-refractivity contribution in [2.24, 2.45) is 5.73 Å². The summed E-state index contributed by atoms with van der Waals surface area (Å²) in [5, 5.41) is 8.67. The smallest absolute Gasteiger partial charge is 0.303 e. The molecule has 0 saturated heterocycles. The topological polar surface area (TPSA) is 81.8 Å². The molecule has 1 aromatic rings. The molecule has 0 aliphatic rings. The van der Waals surface area contributed by atoms with Crippen LogP contribution in [0.15, 0.2) is 12.1 Å². The second kappa shape index (κ2) is 6.26. The summed E-state index contributed by atoms with van der Waals surface area (Å²) >= 11 is 0. The Morgan fingerprint density at radius 1 is 1.33 bits per heavy atom. The molecule has 0 radical (unpaired) electrons. The minimum atomic E-state index is -0.852. The fraction of sp³-hybridized carbons (Fsp3) is 0.462. The zero-order valence-electron chi connectivity index (χ0n) is 10.9. The fourth-order valence-electron chi connectivity index (χ4n) is 1.81. The highest BCUT2D eigenvalue weighted by molar-refractivity contribution is 5.66. The number of hydrogen-bond donors (Lipinski definition) is 2. The lowest BCUT2D eigenvalue weighted by molar-refractivity contribution is -0.137. The van der Waals surface area contributed by atoms with E-state index in [0.717, 1.165) is 16.9 Å². The van der Waals surface area contributed by atoms with Gasteiger partial charge in [0.1, 0.15) is 11.5 Å². The molecule has 5 heteroatoms. The van der Waals surface area contributed by atoms with Crippen molar-refractivity contribution < 1.29 is 19.4 Å². The molecule has 0 fully saturated rings. The monoisotopic (exact) mass is 253 g/mol. The van der Waals surface area contributed by atoms with Gasteiger partial charge in [0.2, 0.25) is 0 Å². The number of hydrogen-bond acceptors (Lipinski definition) is 4. The van der Waals surface area contributed by atoms with E-state index in [0.29, 0.717) is 12.2 Å². The molecule has 0 aliphatic carbocycles. The molecular weight excluding hydrogens is 234 g/mol. The molecule has 0 amide bonds. The number of nitrogens with two attached hydrogens (primary N) is 1. The van der Waals surface area contributed by atoms with E-state index >= 15 is 0 Å². The zero-order valence-corrected chi connectivity index (χ0v) is 10.9. The molecule has 1 rings (SSSR count). The van der Waals surface area contributed by atoms with Crippen LogP contribution in [0, 0.1) is 6.92 Å². The molecular formula is C13H19NO4. The maximum Gasteiger partial charge on any atom is 0.303 e. The standard InChI is InChI=1S/C13H19NO4/c1-8-6-9(10(14)4-5-13(15)16)12(18-3)7-11(8)17-2/h6-7,10H,4-5,14H2,1-3H3,(H,15,16). The van der Waals surface area contributed by atoms with Crippen LogP contribution in [0.3, 0.4) is 0 Å². The van der Waals surface area contributed by atoms with Gasteiger partial charge < -0.3 is 20.3 Å². The van der Waals surface area contributed by atoms with Crippen LogP contribution >= 0.6 is 0 Å². The minimum Gasteiger partial charge on any atom is -0.496 e. The average molecular weight is 253 g/mol. The van der Waals surface area contributed by atoms with Gasteiger partial charge in [0, 0.05) is 24.1 Å². The Kier molecular flexibility index (Phi) is 4.97. The first-order valence-electron chi connectivity index (χ1n) is 5.69. The molecule has 3 N–H and O–H groups in total. The number of ether oxygens (including phenoxy) is 2. The van der Waals surface area contributed by atoms with Gasteiger partial charge in [0.15, 0.2) is 0 Å². The lowest BCUT2D eigenvalue weighted by atomic mass is 9.99. The van der Waals surface area contributed by atoms with Crippen LogP contribution in [0.1, 0.15) is 30.0 Å². The highest BCUT2D eigenvalue weighted by atomic mass is 16.5. The summed E-state index contributed by atoms with van der Waals surface area (Å²) in [6.07, 6.45) is 0.410. The Morgan fingerprint density at radius 2 is 1.94 bits per heavy atom. The van der Waals surface area contributed by atoms with Crippen LogP contribution in [-0.2, 0) is 4.79 Å². The molecule has 0 bridgehead atoms. The normalized spacial score (nSPS) is 12.0. The summed E-state index contributed by atoms with van der Waals surface area (Å²) < 4.78 is 10.5. The predicted octanol–water partition coefficient (Wildman–Crippen LogP) is 1.88. The summed E-state index contributed by atoms with van der Waals surface area (Å²) in [7, 11) is 3.14. The predicted molar refractivity (Wildman–Crippen MR) is 68.1 cm³/mol. The van der Waals surface area contributed by atoms with Crippen molar-refractivity contribution in [3.63, 3.8) is 0 Å². The lowest BCUT2D eigenvalue weighted by Crippen LogP contribution is -2.14. The van der Waals surface area contributed by atoms with Crippen molar-refractivity contribution in [3.8, 4) is 11.5 Å². The summed E-state index contributed by atoms with van der Waals surface area (Å²) in [6.45, 7) is 1.91. The number of benzene rings is 1. The molecule has 1 aromatic carbocycles. The number of aryl methyl sites for hydroxylation is 1. The van der Waals surface area contributed by atoms with Gasteiger partial charge in [-0.25, -0.2) is 0 Å². The van der Waals surface area contributed by atoms with E-state index < -0.39 is 5.97 Å². The average Bonchev–Trinajstić information content (AvgIpc) is 2.35. The van der Waals surface area contributed by atoms with Crippen molar-refractivity contribution in [2.75, 3.05) is 14.2 Å². The maximum absolute atomic E-state index is 10.6. The van der Waals surface area contributed by atoms with E-state index in [-0.39, 0.29) is 12.5 Å². The minimum absolute atomic E-state index is 0.0371. The first-order chi connectivity index (χ1) is 8.49. The summed E-state index contributed by atoms with van der Waals surface area (Å²) in [5.74, 6) is 0.492. The van der Waals surface area contributed by atoms with Gasteiger partial charge in [-0.05, 0) is 25.0 Å². The first kappa shape index (κ1) is 14.3. The number of aliphatic carboxylic acids is 1. The third-order valence-electron chi connectivity index (χ3n) is 2.82. The van der Waals surface area contributed by atoms with Gasteiger partial charge in [-0.1, -0.05) is 0 Å². The Balaban J connectivity index is 2.99. The Hall–Kier alpha value is -1.75. The van der Waals surface area contributed by atoms with E-state index in [2.05, 4.69) is 0 Å². The summed E-state index contributed by atoms with van der Waals surface area (Å²) in [5.41, 5.74) is 7.74. The molecule has 1 atom stereocenters. The molecule has 100 valence electrons. The van der Waals surface area contributed by atoms with E-state index in [9.17, 15) is 4.79 Å². The van der Waals surface area contributed by atoms with E-state index in [1.54, 1.807) is 20.3 Å². The largest absolute Gasteiger partial charge is 0.496 e. The Labute approximate surface area is 107 Å². The molecule has 0 aliphatic heterocycles. The quantitative estimate of drug-likeness (QED) is 0.808.